The zero-order valence-corrected chi connectivity index (χ0v) is 8.31. The molecule has 1 amide bonds. The van der Waals surface area contributed by atoms with Crippen molar-refractivity contribution in [2.45, 2.75) is 6.10 Å². The fourth-order valence-corrected chi connectivity index (χ4v) is 2.22. The van der Waals surface area contributed by atoms with Crippen LogP contribution in [0.5, 0.6) is 0 Å². The van der Waals surface area contributed by atoms with Crippen molar-refractivity contribution in [2.75, 3.05) is 13.1 Å². The van der Waals surface area contributed by atoms with Crippen molar-refractivity contribution in [3.63, 3.8) is 0 Å². The van der Waals surface area contributed by atoms with Crippen molar-refractivity contribution in [3.8, 4) is 0 Å². The van der Waals surface area contributed by atoms with Crippen molar-refractivity contribution in [3.05, 3.63) is 21.3 Å². The second kappa shape index (κ2) is 3.29. The Bertz CT molecular complexity index is 333. The van der Waals surface area contributed by atoms with Crippen LogP contribution in [0.15, 0.2) is 12.1 Å². The largest absolute Gasteiger partial charge is 0.389 e. The van der Waals surface area contributed by atoms with E-state index in [1.807, 2.05) is 0 Å². The number of aliphatic hydroxyl groups is 1. The summed E-state index contributed by atoms with van der Waals surface area (Å²) in [5, 5.41) is 9.00. The summed E-state index contributed by atoms with van der Waals surface area (Å²) in [5.41, 5.74) is 0. The SMILES string of the molecule is O=C(c1ccc(Cl)s1)N1CC(O)C1. The van der Waals surface area contributed by atoms with Gasteiger partial charge in [0.15, 0.2) is 0 Å². The van der Waals surface area contributed by atoms with Crippen LogP contribution in [0, 0.1) is 0 Å². The number of likely N-dealkylation sites (tertiary alicyclic amines) is 1. The molecule has 0 bridgehead atoms. The normalized spacial score (nSPS) is 17.2. The molecule has 0 atom stereocenters. The number of amides is 1. The maximum Gasteiger partial charge on any atom is 0.264 e. The van der Waals surface area contributed by atoms with Gasteiger partial charge in [-0.1, -0.05) is 11.6 Å². The van der Waals surface area contributed by atoms with Crippen LogP contribution in [0.1, 0.15) is 9.67 Å². The summed E-state index contributed by atoms with van der Waals surface area (Å²) in [6.07, 6.45) is -0.348. The van der Waals surface area contributed by atoms with Crippen LogP contribution < -0.4 is 0 Å². The van der Waals surface area contributed by atoms with Crippen molar-refractivity contribution in [1.82, 2.24) is 4.90 Å². The lowest BCUT2D eigenvalue weighted by molar-refractivity contribution is 0.00623. The summed E-state index contributed by atoms with van der Waals surface area (Å²) in [4.78, 5) is 13.8. The molecule has 0 aliphatic carbocycles. The molecule has 5 heteroatoms. The van der Waals surface area contributed by atoms with Crippen LogP contribution in [-0.4, -0.2) is 35.1 Å². The molecule has 1 aliphatic heterocycles. The summed E-state index contributed by atoms with van der Waals surface area (Å²) in [7, 11) is 0. The van der Waals surface area contributed by atoms with E-state index >= 15 is 0 Å². The zero-order valence-electron chi connectivity index (χ0n) is 6.74. The summed E-state index contributed by atoms with van der Waals surface area (Å²) < 4.78 is 0.615. The highest BCUT2D eigenvalue weighted by atomic mass is 35.5. The number of rotatable bonds is 1. The molecule has 1 aliphatic rings. The van der Waals surface area contributed by atoms with E-state index in [2.05, 4.69) is 0 Å². The van der Waals surface area contributed by atoms with Crippen LogP contribution in [0.2, 0.25) is 4.34 Å². The van der Waals surface area contributed by atoms with Gasteiger partial charge in [-0.2, -0.15) is 0 Å². The second-order valence-corrected chi connectivity index (χ2v) is 4.68. The monoisotopic (exact) mass is 217 g/mol. The maximum absolute atomic E-state index is 11.6. The fourth-order valence-electron chi connectivity index (χ4n) is 1.21. The first kappa shape index (κ1) is 8.99. The Morgan fingerprint density at radius 1 is 1.62 bits per heavy atom. The first-order valence-electron chi connectivity index (χ1n) is 3.89. The number of β-amino-alcohol motifs (C(OH)–C–C–N with tert-alkyl or cyclic N) is 1. The van der Waals surface area contributed by atoms with Crippen LogP contribution >= 0.6 is 22.9 Å². The van der Waals surface area contributed by atoms with E-state index in [-0.39, 0.29) is 12.0 Å². The highest BCUT2D eigenvalue weighted by Crippen LogP contribution is 2.24. The number of thiophene rings is 1. The average Bonchev–Trinajstić information content (AvgIpc) is 2.45. The van der Waals surface area contributed by atoms with E-state index in [1.165, 1.54) is 11.3 Å². The Balaban J connectivity index is 2.06. The standard InChI is InChI=1S/C8H8ClNO2S/c9-7-2-1-6(13-7)8(12)10-3-5(11)4-10/h1-2,5,11H,3-4H2. The zero-order chi connectivity index (χ0) is 9.42. The summed E-state index contributed by atoms with van der Waals surface area (Å²) in [5.74, 6) is -0.0396. The molecule has 2 rings (SSSR count). The Kier molecular flexibility index (Phi) is 2.27. The van der Waals surface area contributed by atoms with Gasteiger partial charge in [-0.15, -0.1) is 11.3 Å². The van der Waals surface area contributed by atoms with Gasteiger partial charge in [0.05, 0.1) is 15.3 Å². The molecule has 2 heterocycles. The van der Waals surface area contributed by atoms with Gasteiger partial charge in [0.2, 0.25) is 0 Å². The van der Waals surface area contributed by atoms with Gasteiger partial charge >= 0.3 is 0 Å². The van der Waals surface area contributed by atoms with Crippen molar-refractivity contribution in [1.29, 1.82) is 0 Å². The highest BCUT2D eigenvalue weighted by molar-refractivity contribution is 7.17. The van der Waals surface area contributed by atoms with Crippen LogP contribution in [-0.2, 0) is 0 Å². The summed E-state index contributed by atoms with van der Waals surface area (Å²) >= 11 is 6.96. The lowest BCUT2D eigenvalue weighted by Crippen LogP contribution is -2.53. The van der Waals surface area contributed by atoms with E-state index in [4.69, 9.17) is 16.7 Å². The molecule has 1 fully saturated rings. The molecule has 0 unspecified atom stereocenters. The van der Waals surface area contributed by atoms with Gasteiger partial charge in [-0.3, -0.25) is 4.79 Å². The minimum atomic E-state index is -0.348. The third-order valence-corrected chi connectivity index (χ3v) is 3.15. The van der Waals surface area contributed by atoms with Crippen molar-refractivity contribution >= 4 is 28.8 Å². The number of nitrogens with zero attached hydrogens (tertiary/aromatic N) is 1. The van der Waals surface area contributed by atoms with E-state index < -0.39 is 0 Å². The Morgan fingerprint density at radius 2 is 2.31 bits per heavy atom. The number of hydrogen-bond acceptors (Lipinski definition) is 3. The first-order valence-corrected chi connectivity index (χ1v) is 5.09. The van der Waals surface area contributed by atoms with E-state index in [9.17, 15) is 4.79 Å². The predicted molar refractivity (Wildman–Crippen MR) is 51.2 cm³/mol. The van der Waals surface area contributed by atoms with Crippen LogP contribution in [0.3, 0.4) is 0 Å². The van der Waals surface area contributed by atoms with Gasteiger partial charge in [0.1, 0.15) is 0 Å². The van der Waals surface area contributed by atoms with Gasteiger partial charge in [-0.05, 0) is 12.1 Å². The molecule has 70 valence electrons. The topological polar surface area (TPSA) is 40.5 Å². The molecule has 1 aromatic heterocycles. The predicted octanol–water partition coefficient (Wildman–Crippen LogP) is 1.22. The Hall–Kier alpha value is -0.580. The Labute approximate surface area is 84.5 Å². The van der Waals surface area contributed by atoms with Crippen molar-refractivity contribution < 1.29 is 9.90 Å². The minimum Gasteiger partial charge on any atom is -0.389 e. The Morgan fingerprint density at radius 3 is 2.77 bits per heavy atom. The molecule has 0 saturated carbocycles. The highest BCUT2D eigenvalue weighted by Gasteiger charge is 2.29. The number of halogens is 1. The van der Waals surface area contributed by atoms with Gasteiger partial charge in [0.25, 0.3) is 5.91 Å². The van der Waals surface area contributed by atoms with E-state index in [1.54, 1.807) is 17.0 Å². The molecule has 0 radical (unpaired) electrons. The number of aliphatic hydroxyl groups excluding tert-OH is 1. The molecule has 0 spiro atoms. The molecule has 1 saturated heterocycles. The van der Waals surface area contributed by atoms with Gasteiger partial charge < -0.3 is 10.0 Å². The van der Waals surface area contributed by atoms with Gasteiger partial charge in [0, 0.05) is 13.1 Å². The maximum atomic E-state index is 11.6. The summed E-state index contributed by atoms with van der Waals surface area (Å²) in [6.45, 7) is 0.878. The fraction of sp³-hybridized carbons (Fsp3) is 0.375. The van der Waals surface area contributed by atoms with Crippen LogP contribution in [0.25, 0.3) is 0 Å². The quantitative estimate of drug-likeness (QED) is 0.769. The summed E-state index contributed by atoms with van der Waals surface area (Å²) in [6, 6.07) is 3.41. The number of carbonyl (C=O) groups is 1. The van der Waals surface area contributed by atoms with E-state index in [0.717, 1.165) is 0 Å². The minimum absolute atomic E-state index is 0.0396. The smallest absolute Gasteiger partial charge is 0.264 e. The third-order valence-electron chi connectivity index (χ3n) is 1.93. The number of hydrogen-bond donors (Lipinski definition) is 1. The average molecular weight is 218 g/mol. The molecular formula is C8H8ClNO2S. The van der Waals surface area contributed by atoms with Crippen molar-refractivity contribution in [2.24, 2.45) is 0 Å². The lowest BCUT2D eigenvalue weighted by Gasteiger charge is -2.35. The molecule has 1 N–H and O–H groups in total. The first-order chi connectivity index (χ1) is 6.16. The van der Waals surface area contributed by atoms with E-state index in [0.29, 0.717) is 22.3 Å². The third kappa shape index (κ3) is 1.70. The molecule has 0 aromatic carbocycles. The lowest BCUT2D eigenvalue weighted by atomic mass is 10.1. The molecular weight excluding hydrogens is 210 g/mol. The molecule has 3 nitrogen and oxygen atoms in total. The molecule has 1 aromatic rings. The molecule has 13 heavy (non-hydrogen) atoms. The van der Waals surface area contributed by atoms with Crippen LogP contribution in [0.4, 0.5) is 0 Å². The number of carbonyl (C=O) groups excluding carboxylic acids is 1. The van der Waals surface area contributed by atoms with Gasteiger partial charge in [-0.25, -0.2) is 0 Å². The second-order valence-electron chi connectivity index (χ2n) is 2.97.